The molecule has 0 saturated heterocycles. The molecule has 0 radical (unpaired) electrons. The fourth-order valence-electron chi connectivity index (χ4n) is 6.66. The van der Waals surface area contributed by atoms with Gasteiger partial charge in [0.15, 0.2) is 47.5 Å². The first-order valence-electron chi connectivity index (χ1n) is 25.6. The highest BCUT2D eigenvalue weighted by Gasteiger charge is 2.34. The first-order chi connectivity index (χ1) is 41.3. The number of halogens is 10. The number of carbonyl (C=O) groups is 4. The first kappa shape index (κ1) is 78.9. The minimum absolute atomic E-state index is 0. The van der Waals surface area contributed by atoms with Gasteiger partial charge >= 0.3 is 36.2 Å². The Labute approximate surface area is 555 Å². The molecule has 8 aromatic rings. The average molecular weight is 1570 g/mol. The van der Waals surface area contributed by atoms with E-state index in [9.17, 15) is 45.5 Å². The second kappa shape index (κ2) is 36.6. The van der Waals surface area contributed by atoms with Crippen molar-refractivity contribution in [2.75, 3.05) is 55.2 Å². The summed E-state index contributed by atoms with van der Waals surface area (Å²) >= 11 is 17.7. The summed E-state index contributed by atoms with van der Waals surface area (Å²) in [6.45, 7) is 12.4. The lowest BCUT2D eigenvalue weighted by atomic mass is 10.3. The number of carboxylic acid groups (broad SMARTS) is 1. The molecule has 0 unspecified atom stereocenters. The summed E-state index contributed by atoms with van der Waals surface area (Å²) < 4.78 is 102. The third-order valence-corrected chi connectivity index (χ3v) is 16.7. The Morgan fingerprint density at radius 3 is 1.51 bits per heavy atom. The number of alkyl halides is 6. The average Bonchev–Trinajstić information content (AvgIpc) is 1.65. The van der Waals surface area contributed by atoms with Gasteiger partial charge in [-0.1, -0.05) is 28.2 Å². The summed E-state index contributed by atoms with van der Waals surface area (Å²) in [5, 5.41) is 13.9. The zero-order chi connectivity index (χ0) is 66.5. The summed E-state index contributed by atoms with van der Waals surface area (Å²) in [5.41, 5.74) is 6.37. The zero-order valence-corrected chi connectivity index (χ0v) is 58.2. The van der Waals surface area contributed by atoms with Crippen LogP contribution in [0.15, 0.2) is 77.3 Å². The van der Waals surface area contributed by atoms with E-state index in [-0.39, 0.29) is 42.2 Å². The third-order valence-electron chi connectivity index (χ3n) is 10.7. The SMILES string of the molecule is C.CCOC(=O)c1cn(C)c(Br)n1.CCOC(=O)c1cn(C)cn1.CCOC(=O)c1nc(Br)n(C)c1SCC.CCSc1c(-c2nc3cc(C(F)(F)F)ncc3n2C)nc(Br)n1C.CCSc1c(C(=O)O)nc(Br)n1C.CNc1cnc(C(F)(F)F)cc1N. The molecule has 0 aromatic carbocycles. The van der Waals surface area contributed by atoms with E-state index < -0.39 is 29.7 Å². The van der Waals surface area contributed by atoms with Gasteiger partial charge in [-0.15, -0.1) is 35.3 Å². The highest BCUT2D eigenvalue weighted by atomic mass is 79.9. The summed E-state index contributed by atoms with van der Waals surface area (Å²) in [7, 11) is 12.4. The van der Waals surface area contributed by atoms with Crippen LogP contribution in [0.5, 0.6) is 0 Å². The molecule has 0 aliphatic rings. The van der Waals surface area contributed by atoms with Gasteiger partial charge in [-0.2, -0.15) is 26.3 Å². The topological polar surface area (TPSA) is 287 Å². The predicted octanol–water partition coefficient (Wildman–Crippen LogP) is 13.0. The molecule has 37 heteroatoms. The van der Waals surface area contributed by atoms with E-state index in [4.69, 9.17) is 25.1 Å². The van der Waals surface area contributed by atoms with Crippen LogP contribution in [0.2, 0.25) is 0 Å². The van der Waals surface area contributed by atoms with Crippen molar-refractivity contribution in [3.05, 3.63) is 96.3 Å². The highest BCUT2D eigenvalue weighted by Crippen LogP contribution is 2.36. The molecule has 0 spiro atoms. The Morgan fingerprint density at radius 1 is 0.596 bits per heavy atom. The Hall–Kier alpha value is -6.15. The minimum atomic E-state index is -4.50. The number of anilines is 2. The van der Waals surface area contributed by atoms with Crippen molar-refractivity contribution in [3.63, 3.8) is 0 Å². The molecule has 4 N–H and O–H groups in total. The number of esters is 3. The standard InChI is InChI=1S/C14H13BrF3N5S.C9H13BrN2O2S.C7H9BrN2O2S.C7H9BrN2O2.C7H8F3N3.C7H10N2O2.CH4/c1-4-24-12-10(21-13(15)23(12)3)11-20-7-5-9(14(16,17)18)19-6-8(7)22(11)2;1-4-14-8(13)6-7(15-5-2)12(3)9(10)11-6;1-3-13-5-4(6(11)12)9-7(8)10(5)2;1-3-12-6(11)5-4-10(2)7(8)9-5;1-12-5-3-13-6(2-4(5)11)7(8,9)10;1-3-11-7(10)6-4-9(2)5-8-6;/h5-6H,4H2,1-3H3;4-5H2,1-3H3;3H2,1-2H3,(H,11,12);4H,3H2,1-2H3;2-3,12H,1H3,(H2,11,13);4-5H,3H2,1-2H3;1H4. The number of carboxylic acids is 1. The third kappa shape index (κ3) is 22.3. The van der Waals surface area contributed by atoms with E-state index >= 15 is 0 Å². The number of rotatable bonds is 15. The second-order valence-corrected chi connectivity index (χ2v) is 23.5. The number of carbonyl (C=O) groups excluding carboxylic acids is 3. The molecule has 0 aliphatic carbocycles. The number of imidazole rings is 6. The van der Waals surface area contributed by atoms with E-state index in [1.54, 1.807) is 117 Å². The van der Waals surface area contributed by atoms with Gasteiger partial charge in [0.05, 0.1) is 60.9 Å². The maximum absolute atomic E-state index is 12.8. The summed E-state index contributed by atoms with van der Waals surface area (Å²) in [5.74, 6) is 0.940. The molecule has 0 saturated carbocycles. The second-order valence-electron chi connectivity index (χ2n) is 16.9. The van der Waals surface area contributed by atoms with Crippen LogP contribution < -0.4 is 11.1 Å². The van der Waals surface area contributed by atoms with Crippen molar-refractivity contribution in [1.82, 2.24) is 67.3 Å². The Balaban J connectivity index is 0.000000373. The molecule has 0 fully saturated rings. The molecule has 8 rings (SSSR count). The van der Waals surface area contributed by atoms with Crippen molar-refractivity contribution in [2.24, 2.45) is 42.3 Å². The number of ether oxygens (including phenoxy) is 3. The zero-order valence-electron chi connectivity index (χ0n) is 49.4. The Kier molecular flexibility index (Phi) is 32.5. The number of aromatic carboxylic acids is 1. The number of hydrogen-bond acceptors (Lipinski definition) is 20. The molecule has 0 atom stereocenters. The highest BCUT2D eigenvalue weighted by molar-refractivity contribution is 9.11. The smallest absolute Gasteiger partial charge is 0.433 e. The molecular formula is C52H66Br4F6N16O8S3. The fourth-order valence-corrected chi connectivity index (χ4v) is 10.8. The predicted molar refractivity (Wildman–Crippen MR) is 343 cm³/mol. The van der Waals surface area contributed by atoms with Gasteiger partial charge in [0.1, 0.15) is 32.2 Å². The van der Waals surface area contributed by atoms with Crippen molar-refractivity contribution >= 4 is 145 Å². The molecule has 0 aliphatic heterocycles. The maximum atomic E-state index is 12.8. The van der Waals surface area contributed by atoms with Crippen LogP contribution >= 0.6 is 99.0 Å². The molecule has 0 bridgehead atoms. The van der Waals surface area contributed by atoms with Crippen LogP contribution in [-0.2, 0) is 68.8 Å². The van der Waals surface area contributed by atoms with Gasteiger partial charge < -0.3 is 57.8 Å². The van der Waals surface area contributed by atoms with Crippen molar-refractivity contribution in [3.8, 4) is 11.5 Å². The molecule has 490 valence electrons. The molecular weight excluding hydrogens is 1510 g/mol. The van der Waals surface area contributed by atoms with Gasteiger partial charge in [-0.3, -0.25) is 0 Å². The van der Waals surface area contributed by atoms with Crippen LogP contribution in [0.3, 0.4) is 0 Å². The number of thioether (sulfide) groups is 3. The molecule has 8 aromatic heterocycles. The largest absolute Gasteiger partial charge is 0.476 e. The van der Waals surface area contributed by atoms with Crippen LogP contribution in [0.1, 0.15) is 102 Å². The van der Waals surface area contributed by atoms with Crippen molar-refractivity contribution < 1.29 is 64.8 Å². The van der Waals surface area contributed by atoms with Gasteiger partial charge in [0.2, 0.25) is 0 Å². The van der Waals surface area contributed by atoms with Crippen LogP contribution in [0.25, 0.3) is 22.6 Å². The quantitative estimate of drug-likeness (QED) is 0.0372. The number of nitrogens with one attached hydrogen (secondary N) is 1. The Morgan fingerprint density at radius 2 is 1.06 bits per heavy atom. The number of aryl methyl sites for hydroxylation is 3. The summed E-state index contributed by atoms with van der Waals surface area (Å²) in [6.07, 6.45) is -1.90. The Bertz CT molecular complexity index is 3630. The number of nitrogens with two attached hydrogens (primary N) is 1. The summed E-state index contributed by atoms with van der Waals surface area (Å²) in [6, 6.07) is 1.76. The number of nitrogens with zero attached hydrogens (tertiary/aromatic N) is 14. The van der Waals surface area contributed by atoms with E-state index in [1.807, 2.05) is 44.0 Å². The number of fused-ring (bicyclic) bond motifs is 1. The number of hydrogen-bond donors (Lipinski definition) is 3. The molecule has 89 heavy (non-hydrogen) atoms. The van der Waals surface area contributed by atoms with E-state index in [1.165, 1.54) is 18.0 Å². The number of pyridine rings is 2. The normalized spacial score (nSPS) is 10.8. The van der Waals surface area contributed by atoms with E-state index in [0.717, 1.165) is 45.6 Å². The lowest BCUT2D eigenvalue weighted by molar-refractivity contribution is -0.141. The first-order valence-corrected chi connectivity index (χ1v) is 31.8. The van der Waals surface area contributed by atoms with Gasteiger partial charge in [0.25, 0.3) is 0 Å². The number of aromatic nitrogens is 14. The van der Waals surface area contributed by atoms with Crippen LogP contribution in [-0.4, -0.2) is 140 Å². The lowest BCUT2D eigenvalue weighted by Crippen LogP contribution is -2.09. The van der Waals surface area contributed by atoms with E-state index in [0.29, 0.717) is 83.6 Å². The van der Waals surface area contributed by atoms with Gasteiger partial charge in [-0.05, 0) is 114 Å². The van der Waals surface area contributed by atoms with E-state index in [2.05, 4.69) is 109 Å². The van der Waals surface area contributed by atoms with Crippen LogP contribution in [0.4, 0.5) is 37.7 Å². The van der Waals surface area contributed by atoms with Crippen molar-refractivity contribution in [2.45, 2.75) is 76.4 Å². The maximum Gasteiger partial charge on any atom is 0.433 e. The van der Waals surface area contributed by atoms with Crippen LogP contribution in [0, 0.1) is 0 Å². The fraction of sp³-hybridized carbons (Fsp3) is 0.423. The lowest BCUT2D eigenvalue weighted by Gasteiger charge is -2.08. The molecule has 8 heterocycles. The minimum Gasteiger partial charge on any atom is -0.476 e. The molecule has 0 amide bonds. The van der Waals surface area contributed by atoms with Crippen molar-refractivity contribution in [1.29, 1.82) is 0 Å². The summed E-state index contributed by atoms with van der Waals surface area (Å²) in [4.78, 5) is 75.7. The monoisotopic (exact) mass is 1570 g/mol. The van der Waals surface area contributed by atoms with Gasteiger partial charge in [-0.25, -0.2) is 59.0 Å². The molecule has 24 nitrogen and oxygen atoms in total. The van der Waals surface area contributed by atoms with Gasteiger partial charge in [0, 0.05) is 61.7 Å². The number of nitrogen functional groups attached to an aromatic ring is 1.